The molecule has 1 heterocycles. The van der Waals surface area contributed by atoms with E-state index < -0.39 is 0 Å². The molecule has 0 atom stereocenters. The lowest BCUT2D eigenvalue weighted by Crippen LogP contribution is -1.84. The van der Waals surface area contributed by atoms with Gasteiger partial charge in [0.05, 0.1) is 11.9 Å². The Hall–Kier alpha value is -2.14. The van der Waals surface area contributed by atoms with Gasteiger partial charge in [-0.1, -0.05) is 18.1 Å². The zero-order chi connectivity index (χ0) is 9.80. The van der Waals surface area contributed by atoms with Gasteiger partial charge in [0.2, 0.25) is 0 Å². The van der Waals surface area contributed by atoms with Crippen molar-refractivity contribution in [2.24, 2.45) is 0 Å². The van der Waals surface area contributed by atoms with E-state index in [-0.39, 0.29) is 0 Å². The molecule has 0 spiro atoms. The molecule has 0 saturated carbocycles. The van der Waals surface area contributed by atoms with Crippen LogP contribution < -0.4 is 0 Å². The molecule has 0 aliphatic rings. The Morgan fingerprint density at radius 1 is 1.07 bits per heavy atom. The van der Waals surface area contributed by atoms with Crippen molar-refractivity contribution < 1.29 is 0 Å². The number of benzene rings is 1. The SMILES string of the molecule is C#Cc1ccc(-c2cnccn2)cc1. The van der Waals surface area contributed by atoms with Crippen molar-refractivity contribution in [3.05, 3.63) is 48.4 Å². The summed E-state index contributed by atoms with van der Waals surface area (Å²) in [6.07, 6.45) is 10.3. The van der Waals surface area contributed by atoms with Gasteiger partial charge in [0, 0.05) is 23.5 Å². The minimum absolute atomic E-state index is 0.857. The number of rotatable bonds is 1. The zero-order valence-corrected chi connectivity index (χ0v) is 7.51. The first-order valence-electron chi connectivity index (χ1n) is 4.23. The topological polar surface area (TPSA) is 25.8 Å². The third kappa shape index (κ3) is 1.62. The Morgan fingerprint density at radius 3 is 2.43 bits per heavy atom. The molecule has 0 bridgehead atoms. The van der Waals surface area contributed by atoms with Gasteiger partial charge in [0.25, 0.3) is 0 Å². The van der Waals surface area contributed by atoms with Crippen LogP contribution in [0, 0.1) is 12.3 Å². The zero-order valence-electron chi connectivity index (χ0n) is 7.51. The average Bonchev–Trinajstić information content (AvgIpc) is 2.30. The highest BCUT2D eigenvalue weighted by Crippen LogP contribution is 2.15. The van der Waals surface area contributed by atoms with Crippen molar-refractivity contribution in [1.82, 2.24) is 9.97 Å². The van der Waals surface area contributed by atoms with Crippen molar-refractivity contribution in [2.75, 3.05) is 0 Å². The van der Waals surface area contributed by atoms with E-state index in [0.717, 1.165) is 16.8 Å². The maximum absolute atomic E-state index is 5.26. The molecule has 2 nitrogen and oxygen atoms in total. The van der Waals surface area contributed by atoms with E-state index in [4.69, 9.17) is 6.42 Å². The molecule has 0 fully saturated rings. The van der Waals surface area contributed by atoms with Crippen LogP contribution in [0.4, 0.5) is 0 Å². The fourth-order valence-electron chi connectivity index (χ4n) is 1.19. The highest BCUT2D eigenvalue weighted by molar-refractivity contribution is 5.59. The molecule has 0 aliphatic carbocycles. The predicted molar refractivity (Wildman–Crippen MR) is 55.4 cm³/mol. The Bertz CT molecular complexity index is 452. The Kier molecular flexibility index (Phi) is 2.24. The molecule has 0 unspecified atom stereocenters. The van der Waals surface area contributed by atoms with Crippen molar-refractivity contribution in [1.29, 1.82) is 0 Å². The van der Waals surface area contributed by atoms with Crippen LogP contribution in [-0.4, -0.2) is 9.97 Å². The summed E-state index contributed by atoms with van der Waals surface area (Å²) in [5.41, 5.74) is 2.76. The van der Waals surface area contributed by atoms with Crippen LogP contribution in [0.2, 0.25) is 0 Å². The maximum Gasteiger partial charge on any atom is 0.0885 e. The first kappa shape index (κ1) is 8.46. The van der Waals surface area contributed by atoms with Crippen LogP contribution in [0.25, 0.3) is 11.3 Å². The second kappa shape index (κ2) is 3.71. The Morgan fingerprint density at radius 2 is 1.86 bits per heavy atom. The lowest BCUT2D eigenvalue weighted by Gasteiger charge is -1.98. The van der Waals surface area contributed by atoms with Crippen LogP contribution in [0.15, 0.2) is 42.9 Å². The predicted octanol–water partition coefficient (Wildman–Crippen LogP) is 2.12. The van der Waals surface area contributed by atoms with E-state index in [2.05, 4.69) is 15.9 Å². The van der Waals surface area contributed by atoms with Gasteiger partial charge in [-0.25, -0.2) is 0 Å². The third-order valence-corrected chi connectivity index (χ3v) is 1.91. The molecule has 14 heavy (non-hydrogen) atoms. The number of hydrogen-bond acceptors (Lipinski definition) is 2. The molecule has 1 aromatic carbocycles. The van der Waals surface area contributed by atoms with Gasteiger partial charge in [0.1, 0.15) is 0 Å². The standard InChI is InChI=1S/C12H8N2/c1-2-10-3-5-11(6-4-10)12-9-13-7-8-14-12/h1,3-9H. The Labute approximate surface area is 82.7 Å². The third-order valence-electron chi connectivity index (χ3n) is 1.91. The molecule has 1 aromatic heterocycles. The van der Waals surface area contributed by atoms with Gasteiger partial charge in [-0.05, 0) is 12.1 Å². The summed E-state index contributed by atoms with van der Waals surface area (Å²) >= 11 is 0. The largest absolute Gasteiger partial charge is 0.261 e. The first-order valence-corrected chi connectivity index (χ1v) is 4.23. The Balaban J connectivity index is 2.40. The van der Waals surface area contributed by atoms with Crippen molar-refractivity contribution in [3.63, 3.8) is 0 Å². The molecule has 0 saturated heterocycles. The van der Waals surface area contributed by atoms with Crippen LogP contribution in [0.1, 0.15) is 5.56 Å². The molecular formula is C12H8N2. The molecular weight excluding hydrogens is 172 g/mol. The van der Waals surface area contributed by atoms with Gasteiger partial charge in [-0.15, -0.1) is 6.42 Å². The van der Waals surface area contributed by atoms with Gasteiger partial charge < -0.3 is 0 Å². The first-order chi connectivity index (χ1) is 6.90. The molecule has 2 aromatic rings. The summed E-state index contributed by atoms with van der Waals surface area (Å²) in [4.78, 5) is 8.19. The molecule has 2 heteroatoms. The van der Waals surface area contributed by atoms with Gasteiger partial charge >= 0.3 is 0 Å². The summed E-state index contributed by atoms with van der Waals surface area (Å²) in [5, 5.41) is 0. The summed E-state index contributed by atoms with van der Waals surface area (Å²) < 4.78 is 0. The number of aromatic nitrogens is 2. The minimum Gasteiger partial charge on any atom is -0.261 e. The normalized spacial score (nSPS) is 9.36. The fraction of sp³-hybridized carbons (Fsp3) is 0. The highest BCUT2D eigenvalue weighted by Gasteiger charge is 1.97. The van der Waals surface area contributed by atoms with Gasteiger partial charge in [-0.3, -0.25) is 9.97 Å². The van der Waals surface area contributed by atoms with Crippen molar-refractivity contribution >= 4 is 0 Å². The quantitative estimate of drug-likeness (QED) is 0.628. The summed E-state index contributed by atoms with van der Waals surface area (Å²) in [5.74, 6) is 2.57. The highest BCUT2D eigenvalue weighted by atomic mass is 14.8. The van der Waals surface area contributed by atoms with Crippen LogP contribution in [-0.2, 0) is 0 Å². The van der Waals surface area contributed by atoms with E-state index in [1.165, 1.54) is 0 Å². The minimum atomic E-state index is 0.857. The number of hydrogen-bond donors (Lipinski definition) is 0. The summed E-state index contributed by atoms with van der Waals surface area (Å²) in [6.45, 7) is 0. The van der Waals surface area contributed by atoms with Gasteiger partial charge in [0.15, 0.2) is 0 Å². The molecule has 0 N–H and O–H groups in total. The number of nitrogens with zero attached hydrogens (tertiary/aromatic N) is 2. The van der Waals surface area contributed by atoms with Crippen LogP contribution in [0.3, 0.4) is 0 Å². The van der Waals surface area contributed by atoms with E-state index >= 15 is 0 Å². The van der Waals surface area contributed by atoms with E-state index in [1.54, 1.807) is 18.6 Å². The lowest BCUT2D eigenvalue weighted by molar-refractivity contribution is 1.21. The van der Waals surface area contributed by atoms with Crippen LogP contribution >= 0.6 is 0 Å². The van der Waals surface area contributed by atoms with Crippen LogP contribution in [0.5, 0.6) is 0 Å². The smallest absolute Gasteiger partial charge is 0.0885 e. The molecule has 0 amide bonds. The fourth-order valence-corrected chi connectivity index (χ4v) is 1.19. The molecule has 0 radical (unpaired) electrons. The van der Waals surface area contributed by atoms with Crippen molar-refractivity contribution in [3.8, 4) is 23.6 Å². The van der Waals surface area contributed by atoms with E-state index in [1.807, 2.05) is 24.3 Å². The number of terminal acetylenes is 1. The summed E-state index contributed by atoms with van der Waals surface area (Å²) in [6, 6.07) is 7.67. The summed E-state index contributed by atoms with van der Waals surface area (Å²) in [7, 11) is 0. The second-order valence-corrected chi connectivity index (χ2v) is 2.81. The molecule has 2 rings (SSSR count). The molecule has 66 valence electrons. The van der Waals surface area contributed by atoms with E-state index in [9.17, 15) is 0 Å². The van der Waals surface area contributed by atoms with E-state index in [0.29, 0.717) is 0 Å². The maximum atomic E-state index is 5.26. The van der Waals surface area contributed by atoms with Gasteiger partial charge in [-0.2, -0.15) is 0 Å². The second-order valence-electron chi connectivity index (χ2n) is 2.81. The average molecular weight is 180 g/mol. The molecule has 0 aliphatic heterocycles. The lowest BCUT2D eigenvalue weighted by atomic mass is 10.1. The van der Waals surface area contributed by atoms with Crippen molar-refractivity contribution in [2.45, 2.75) is 0 Å². The monoisotopic (exact) mass is 180 g/mol.